The third-order valence-corrected chi connectivity index (χ3v) is 7.44. The van der Waals surface area contributed by atoms with Gasteiger partial charge in [-0.15, -0.1) is 11.8 Å². The number of hydrogen-bond acceptors (Lipinski definition) is 4. The molecule has 3 rings (SSSR count). The Kier molecular flexibility index (Phi) is 7.14. The van der Waals surface area contributed by atoms with Crippen molar-refractivity contribution in [2.45, 2.75) is 28.0 Å². The van der Waals surface area contributed by atoms with Crippen molar-refractivity contribution >= 4 is 37.7 Å². The lowest BCUT2D eigenvalue weighted by atomic mass is 10.1. The molecule has 0 amide bonds. The number of rotatable bonds is 7. The molecule has 3 aromatic carbocycles. The summed E-state index contributed by atoms with van der Waals surface area (Å²) in [7, 11) is -3.81. The van der Waals surface area contributed by atoms with E-state index >= 15 is 0 Å². The van der Waals surface area contributed by atoms with Crippen molar-refractivity contribution in [3.8, 4) is 6.07 Å². The van der Waals surface area contributed by atoms with Crippen LogP contribution in [-0.4, -0.2) is 13.7 Å². The minimum atomic E-state index is -3.81. The van der Waals surface area contributed by atoms with Crippen molar-refractivity contribution in [1.82, 2.24) is 4.72 Å². The lowest BCUT2D eigenvalue weighted by Crippen LogP contribution is -2.34. The first-order chi connectivity index (χ1) is 13.9. The van der Waals surface area contributed by atoms with Crippen LogP contribution < -0.4 is 4.72 Å². The van der Waals surface area contributed by atoms with Gasteiger partial charge in [0.1, 0.15) is 5.25 Å². The molecule has 0 aliphatic heterocycles. The molecule has 2 atom stereocenters. The minimum absolute atomic E-state index is 0.173. The first kappa shape index (κ1) is 21.6. The molecule has 0 saturated heterocycles. The fourth-order valence-corrected chi connectivity index (χ4v) is 5.35. The lowest BCUT2D eigenvalue weighted by molar-refractivity contribution is 0.561. The average Bonchev–Trinajstić information content (AvgIpc) is 2.72. The van der Waals surface area contributed by atoms with Gasteiger partial charge < -0.3 is 0 Å². The summed E-state index contributed by atoms with van der Waals surface area (Å²) in [6, 6.07) is 25.0. The third kappa shape index (κ3) is 5.71. The number of thioether (sulfide) groups is 1. The molecule has 0 aliphatic rings. The predicted octanol–water partition coefficient (Wildman–Crippen LogP) is 5.46. The zero-order valence-corrected chi connectivity index (χ0v) is 18.8. The Morgan fingerprint density at radius 3 is 2.17 bits per heavy atom. The maximum Gasteiger partial charge on any atom is 0.241 e. The van der Waals surface area contributed by atoms with E-state index < -0.39 is 21.3 Å². The van der Waals surface area contributed by atoms with Crippen LogP contribution in [0.15, 0.2) is 93.1 Å². The molecule has 0 heterocycles. The van der Waals surface area contributed by atoms with Crippen LogP contribution in [0.2, 0.25) is 0 Å². The highest BCUT2D eigenvalue weighted by atomic mass is 79.9. The Labute approximate surface area is 184 Å². The molecule has 0 fully saturated rings. The highest BCUT2D eigenvalue weighted by molar-refractivity contribution is 9.10. The smallest absolute Gasteiger partial charge is 0.207 e. The average molecular weight is 487 g/mol. The second-order valence-electron chi connectivity index (χ2n) is 6.44. The fourth-order valence-electron chi connectivity index (χ4n) is 2.74. The molecule has 29 heavy (non-hydrogen) atoms. The molecule has 0 aliphatic carbocycles. The summed E-state index contributed by atoms with van der Waals surface area (Å²) in [5, 5.41) is 9.21. The van der Waals surface area contributed by atoms with Gasteiger partial charge in [-0.1, -0.05) is 64.0 Å². The number of sulfonamides is 1. The fraction of sp³-hybridized carbons (Fsp3) is 0.136. The molecule has 0 radical (unpaired) electrons. The van der Waals surface area contributed by atoms with E-state index in [9.17, 15) is 13.7 Å². The maximum absolute atomic E-state index is 13.0. The van der Waals surface area contributed by atoms with E-state index in [1.54, 1.807) is 24.3 Å². The largest absolute Gasteiger partial charge is 0.241 e. The van der Waals surface area contributed by atoms with Crippen LogP contribution in [0.4, 0.5) is 0 Å². The Bertz CT molecular complexity index is 1090. The third-order valence-electron chi connectivity index (χ3n) is 4.28. The SMILES string of the molecule is Cc1ccc(S(=O)(=O)N[C@@H](c2ccc(Br)cc2)[C@@H](C#N)Sc2ccccc2)cc1. The standard InChI is InChI=1S/C22H19BrN2O2S2/c1-16-7-13-20(14-8-16)29(26,27)25-22(17-9-11-18(23)12-10-17)21(15-24)28-19-5-3-2-4-6-19/h2-14,21-22,25H,1H3/t21-,22+/m1/s1. The van der Waals surface area contributed by atoms with Crippen LogP contribution in [0.3, 0.4) is 0 Å². The molecule has 0 unspecified atom stereocenters. The van der Waals surface area contributed by atoms with Crippen LogP contribution in [0.25, 0.3) is 0 Å². The molecular formula is C22H19BrN2O2S2. The van der Waals surface area contributed by atoms with E-state index in [1.807, 2.05) is 61.5 Å². The Morgan fingerprint density at radius 1 is 0.966 bits per heavy atom. The molecule has 0 spiro atoms. The van der Waals surface area contributed by atoms with Crippen LogP contribution in [0.5, 0.6) is 0 Å². The molecular weight excluding hydrogens is 468 g/mol. The van der Waals surface area contributed by atoms with Gasteiger partial charge in [0.2, 0.25) is 10.0 Å². The summed E-state index contributed by atoms with van der Waals surface area (Å²) < 4.78 is 29.7. The van der Waals surface area contributed by atoms with E-state index in [4.69, 9.17) is 0 Å². The summed E-state index contributed by atoms with van der Waals surface area (Å²) in [6.07, 6.45) is 0. The van der Waals surface area contributed by atoms with Crippen molar-refractivity contribution < 1.29 is 8.42 Å². The molecule has 0 bridgehead atoms. The number of halogens is 1. The molecule has 1 N–H and O–H groups in total. The second kappa shape index (κ2) is 9.59. The Hall–Kier alpha value is -2.11. The monoisotopic (exact) mass is 486 g/mol. The van der Waals surface area contributed by atoms with E-state index in [0.717, 1.165) is 20.5 Å². The molecule has 148 valence electrons. The number of hydrogen-bond donors (Lipinski definition) is 1. The molecule has 4 nitrogen and oxygen atoms in total. The predicted molar refractivity (Wildman–Crippen MR) is 120 cm³/mol. The van der Waals surface area contributed by atoms with Gasteiger partial charge in [0.25, 0.3) is 0 Å². The number of nitrogens with one attached hydrogen (secondary N) is 1. The van der Waals surface area contributed by atoms with Crippen LogP contribution in [-0.2, 0) is 10.0 Å². The van der Waals surface area contributed by atoms with Crippen molar-refractivity contribution in [3.05, 3.63) is 94.5 Å². The summed E-state index contributed by atoms with van der Waals surface area (Å²) >= 11 is 4.73. The van der Waals surface area contributed by atoms with Gasteiger partial charge in [-0.05, 0) is 48.9 Å². The lowest BCUT2D eigenvalue weighted by Gasteiger charge is -2.23. The summed E-state index contributed by atoms with van der Waals surface area (Å²) in [6.45, 7) is 1.90. The minimum Gasteiger partial charge on any atom is -0.207 e. The summed E-state index contributed by atoms with van der Waals surface area (Å²) in [4.78, 5) is 1.07. The van der Waals surface area contributed by atoms with E-state index in [1.165, 1.54) is 11.8 Å². The van der Waals surface area contributed by atoms with Crippen molar-refractivity contribution in [2.75, 3.05) is 0 Å². The zero-order valence-electron chi connectivity index (χ0n) is 15.6. The quantitative estimate of drug-likeness (QED) is 0.450. The van der Waals surface area contributed by atoms with E-state index in [0.29, 0.717) is 0 Å². The normalized spacial score (nSPS) is 13.4. The van der Waals surface area contributed by atoms with Gasteiger partial charge in [0, 0.05) is 9.37 Å². The van der Waals surface area contributed by atoms with Crippen molar-refractivity contribution in [2.24, 2.45) is 0 Å². The van der Waals surface area contributed by atoms with Gasteiger partial charge in [-0.2, -0.15) is 5.26 Å². The van der Waals surface area contributed by atoms with Crippen LogP contribution in [0.1, 0.15) is 17.2 Å². The first-order valence-electron chi connectivity index (χ1n) is 8.85. The summed E-state index contributed by atoms with van der Waals surface area (Å²) in [5.74, 6) is 0. The molecule has 7 heteroatoms. The van der Waals surface area contributed by atoms with Gasteiger partial charge in [0.15, 0.2) is 0 Å². The Balaban J connectivity index is 1.97. The van der Waals surface area contributed by atoms with Crippen molar-refractivity contribution in [1.29, 1.82) is 5.26 Å². The second-order valence-corrected chi connectivity index (χ2v) is 10.3. The number of aryl methyl sites for hydroxylation is 1. The summed E-state index contributed by atoms with van der Waals surface area (Å²) in [5.41, 5.74) is 1.70. The van der Waals surface area contributed by atoms with Crippen LogP contribution >= 0.6 is 27.7 Å². The highest BCUT2D eigenvalue weighted by Crippen LogP contribution is 2.33. The van der Waals surface area contributed by atoms with Crippen LogP contribution in [0, 0.1) is 18.3 Å². The molecule has 3 aromatic rings. The zero-order chi connectivity index (χ0) is 20.9. The molecule has 0 saturated carbocycles. The first-order valence-corrected chi connectivity index (χ1v) is 12.0. The van der Waals surface area contributed by atoms with Gasteiger partial charge in [-0.25, -0.2) is 13.1 Å². The highest BCUT2D eigenvalue weighted by Gasteiger charge is 2.29. The number of nitriles is 1. The van der Waals surface area contributed by atoms with Gasteiger partial charge in [-0.3, -0.25) is 0 Å². The van der Waals surface area contributed by atoms with Gasteiger partial charge >= 0.3 is 0 Å². The molecule has 0 aromatic heterocycles. The topological polar surface area (TPSA) is 70.0 Å². The van der Waals surface area contributed by atoms with E-state index in [2.05, 4.69) is 26.7 Å². The number of nitrogens with zero attached hydrogens (tertiary/aromatic N) is 1. The van der Waals surface area contributed by atoms with E-state index in [-0.39, 0.29) is 4.90 Å². The van der Waals surface area contributed by atoms with Gasteiger partial charge in [0.05, 0.1) is 17.0 Å². The Morgan fingerprint density at radius 2 is 1.59 bits per heavy atom. The maximum atomic E-state index is 13.0. The number of benzene rings is 3. The van der Waals surface area contributed by atoms with Crippen molar-refractivity contribution in [3.63, 3.8) is 0 Å².